The van der Waals surface area contributed by atoms with Crippen molar-refractivity contribution in [2.75, 3.05) is 26.2 Å². The van der Waals surface area contributed by atoms with Gasteiger partial charge in [-0.05, 0) is 39.3 Å². The molecule has 4 nitrogen and oxygen atoms in total. The molecule has 6 heteroatoms. The van der Waals surface area contributed by atoms with Crippen molar-refractivity contribution in [2.24, 2.45) is 5.73 Å². The van der Waals surface area contributed by atoms with Crippen molar-refractivity contribution in [1.29, 1.82) is 0 Å². The number of carbonyl (C=O) groups excluding carboxylic acids is 1. The van der Waals surface area contributed by atoms with Gasteiger partial charge in [0, 0.05) is 13.1 Å². The van der Waals surface area contributed by atoms with E-state index in [1.54, 1.807) is 0 Å². The van der Waals surface area contributed by atoms with E-state index in [0.29, 0.717) is 0 Å². The molecule has 0 bridgehead atoms. The predicted octanol–water partition coefficient (Wildman–Crippen LogP) is 1.56. The third-order valence-electron chi connectivity index (χ3n) is 3.20. The molecule has 0 aromatic heterocycles. The summed E-state index contributed by atoms with van der Waals surface area (Å²) in [6.45, 7) is 7.86. The number of hydrogen-bond donors (Lipinski definition) is 2. The standard InChI is InChI=1S/C12H25N3O.2ClH/c1-3-6-12(2,13)11(16)14-7-10-15-8-4-5-9-15;;/h3-10,13H2,1-2H3,(H,14,16);2*1H. The second-order valence-electron chi connectivity index (χ2n) is 4.97. The van der Waals surface area contributed by atoms with Crippen molar-refractivity contribution >= 4 is 30.7 Å². The first-order valence-electron chi connectivity index (χ1n) is 6.36. The number of amides is 1. The van der Waals surface area contributed by atoms with E-state index < -0.39 is 5.54 Å². The molecule has 1 heterocycles. The Morgan fingerprint density at radius 2 is 1.89 bits per heavy atom. The summed E-state index contributed by atoms with van der Waals surface area (Å²) in [5.74, 6) is -0.0199. The zero-order valence-corrected chi connectivity index (χ0v) is 13.0. The van der Waals surface area contributed by atoms with E-state index in [1.807, 2.05) is 13.8 Å². The van der Waals surface area contributed by atoms with Crippen LogP contribution in [-0.4, -0.2) is 42.5 Å². The monoisotopic (exact) mass is 299 g/mol. The van der Waals surface area contributed by atoms with Gasteiger partial charge < -0.3 is 16.0 Å². The maximum absolute atomic E-state index is 11.8. The Morgan fingerprint density at radius 3 is 2.39 bits per heavy atom. The van der Waals surface area contributed by atoms with E-state index >= 15 is 0 Å². The molecule has 1 fully saturated rings. The fraction of sp³-hybridized carbons (Fsp3) is 0.917. The molecule has 0 aliphatic carbocycles. The van der Waals surface area contributed by atoms with Crippen LogP contribution in [0.25, 0.3) is 0 Å². The molecule has 0 aromatic rings. The molecule has 0 radical (unpaired) electrons. The Kier molecular flexibility index (Phi) is 11.1. The lowest BCUT2D eigenvalue weighted by molar-refractivity contribution is -0.126. The number of hydrogen-bond acceptors (Lipinski definition) is 3. The summed E-state index contributed by atoms with van der Waals surface area (Å²) in [4.78, 5) is 14.2. The topological polar surface area (TPSA) is 58.4 Å². The zero-order chi connectivity index (χ0) is 12.0. The fourth-order valence-corrected chi connectivity index (χ4v) is 2.17. The summed E-state index contributed by atoms with van der Waals surface area (Å²) in [7, 11) is 0. The van der Waals surface area contributed by atoms with Crippen molar-refractivity contribution in [3.63, 3.8) is 0 Å². The molecule has 1 rings (SSSR count). The number of halogens is 2. The van der Waals surface area contributed by atoms with E-state index in [9.17, 15) is 4.79 Å². The first-order chi connectivity index (χ1) is 7.56. The van der Waals surface area contributed by atoms with Gasteiger partial charge in [0.2, 0.25) is 5.91 Å². The number of nitrogens with zero attached hydrogens (tertiary/aromatic N) is 1. The summed E-state index contributed by atoms with van der Waals surface area (Å²) in [6, 6.07) is 0. The van der Waals surface area contributed by atoms with Crippen LogP contribution < -0.4 is 11.1 Å². The largest absolute Gasteiger partial charge is 0.353 e. The Labute approximate surface area is 123 Å². The highest BCUT2D eigenvalue weighted by Gasteiger charge is 2.26. The molecule has 1 amide bonds. The summed E-state index contributed by atoms with van der Waals surface area (Å²) in [5.41, 5.74) is 5.23. The van der Waals surface area contributed by atoms with Gasteiger partial charge in [-0.3, -0.25) is 4.79 Å². The Balaban J connectivity index is 0. The second-order valence-corrected chi connectivity index (χ2v) is 4.97. The van der Waals surface area contributed by atoms with Crippen molar-refractivity contribution in [3.8, 4) is 0 Å². The Hall–Kier alpha value is -0.0300. The van der Waals surface area contributed by atoms with E-state index in [-0.39, 0.29) is 30.7 Å². The summed E-state index contributed by atoms with van der Waals surface area (Å²) in [5, 5.41) is 2.93. The minimum absolute atomic E-state index is 0. The molecule has 18 heavy (non-hydrogen) atoms. The number of carbonyl (C=O) groups is 1. The van der Waals surface area contributed by atoms with Crippen molar-refractivity contribution in [1.82, 2.24) is 10.2 Å². The van der Waals surface area contributed by atoms with E-state index in [0.717, 1.165) is 25.9 Å². The summed E-state index contributed by atoms with van der Waals surface area (Å²) >= 11 is 0. The molecular weight excluding hydrogens is 273 g/mol. The first-order valence-corrected chi connectivity index (χ1v) is 6.36. The van der Waals surface area contributed by atoms with Crippen LogP contribution in [0.1, 0.15) is 39.5 Å². The summed E-state index contributed by atoms with van der Waals surface area (Å²) < 4.78 is 0. The number of likely N-dealkylation sites (tertiary alicyclic amines) is 1. The summed E-state index contributed by atoms with van der Waals surface area (Å²) in [6.07, 6.45) is 4.26. The zero-order valence-electron chi connectivity index (χ0n) is 11.4. The molecule has 3 N–H and O–H groups in total. The van der Waals surface area contributed by atoms with Crippen LogP contribution in [0.3, 0.4) is 0 Å². The Morgan fingerprint density at radius 1 is 1.33 bits per heavy atom. The second kappa shape index (κ2) is 9.84. The highest BCUT2D eigenvalue weighted by Crippen LogP contribution is 2.08. The molecule has 1 saturated heterocycles. The van der Waals surface area contributed by atoms with Crippen LogP contribution in [0, 0.1) is 0 Å². The van der Waals surface area contributed by atoms with E-state index in [2.05, 4.69) is 10.2 Å². The van der Waals surface area contributed by atoms with Gasteiger partial charge in [0.15, 0.2) is 0 Å². The van der Waals surface area contributed by atoms with Crippen molar-refractivity contribution in [2.45, 2.75) is 45.1 Å². The smallest absolute Gasteiger partial charge is 0.239 e. The molecule has 1 atom stereocenters. The highest BCUT2D eigenvalue weighted by molar-refractivity contribution is 5.86. The van der Waals surface area contributed by atoms with Gasteiger partial charge in [-0.15, -0.1) is 24.8 Å². The molecule has 0 aromatic carbocycles. The number of nitrogens with two attached hydrogens (primary N) is 1. The first kappa shape index (κ1) is 20.3. The average molecular weight is 300 g/mol. The number of rotatable bonds is 6. The van der Waals surface area contributed by atoms with Gasteiger partial charge in [0.05, 0.1) is 5.54 Å². The van der Waals surface area contributed by atoms with E-state index in [4.69, 9.17) is 5.73 Å². The minimum Gasteiger partial charge on any atom is -0.353 e. The van der Waals surface area contributed by atoms with Gasteiger partial charge >= 0.3 is 0 Å². The van der Waals surface area contributed by atoms with Crippen LogP contribution in [0.5, 0.6) is 0 Å². The van der Waals surface area contributed by atoms with Crippen molar-refractivity contribution < 1.29 is 4.79 Å². The third-order valence-corrected chi connectivity index (χ3v) is 3.20. The number of nitrogens with one attached hydrogen (secondary N) is 1. The molecule has 110 valence electrons. The van der Waals surface area contributed by atoms with Crippen LogP contribution in [0.4, 0.5) is 0 Å². The highest BCUT2D eigenvalue weighted by atomic mass is 35.5. The SMILES string of the molecule is CCCC(C)(N)C(=O)NCCN1CCCC1.Cl.Cl. The Bertz CT molecular complexity index is 231. The normalized spacial score (nSPS) is 18.4. The third kappa shape index (κ3) is 6.78. The van der Waals surface area contributed by atoms with Crippen LogP contribution in [0.15, 0.2) is 0 Å². The van der Waals surface area contributed by atoms with Gasteiger partial charge in [0.25, 0.3) is 0 Å². The van der Waals surface area contributed by atoms with Gasteiger partial charge in [0.1, 0.15) is 0 Å². The van der Waals surface area contributed by atoms with Gasteiger partial charge in [-0.1, -0.05) is 13.3 Å². The quantitative estimate of drug-likeness (QED) is 0.782. The van der Waals surface area contributed by atoms with E-state index in [1.165, 1.54) is 25.9 Å². The molecule has 1 aliphatic rings. The van der Waals surface area contributed by atoms with Crippen LogP contribution in [0.2, 0.25) is 0 Å². The van der Waals surface area contributed by atoms with Gasteiger partial charge in [-0.25, -0.2) is 0 Å². The van der Waals surface area contributed by atoms with Gasteiger partial charge in [-0.2, -0.15) is 0 Å². The maximum atomic E-state index is 11.8. The molecular formula is C12H27Cl2N3O. The maximum Gasteiger partial charge on any atom is 0.239 e. The fourth-order valence-electron chi connectivity index (χ4n) is 2.17. The van der Waals surface area contributed by atoms with Crippen LogP contribution >= 0.6 is 24.8 Å². The molecule has 0 saturated carbocycles. The van der Waals surface area contributed by atoms with Crippen molar-refractivity contribution in [3.05, 3.63) is 0 Å². The lowest BCUT2D eigenvalue weighted by Gasteiger charge is -2.23. The average Bonchev–Trinajstić information content (AvgIpc) is 2.70. The minimum atomic E-state index is -0.709. The molecule has 0 spiro atoms. The molecule has 1 unspecified atom stereocenters. The van der Waals surface area contributed by atoms with Crippen LogP contribution in [-0.2, 0) is 4.79 Å². The predicted molar refractivity (Wildman–Crippen MR) is 80.7 cm³/mol. The lowest BCUT2D eigenvalue weighted by atomic mass is 9.97. The lowest BCUT2D eigenvalue weighted by Crippen LogP contribution is -2.52. The molecule has 1 aliphatic heterocycles.